The number of thiocarbonyl (C=S) groups is 2. The SMILES string of the molecule is CCC1CCCCN1C(=O)CCCCCN1C(=O)C(=C2SC(=S)N(CCCCCC(=O)N3CCCCC3CC)C2=O)SC1=S. The van der Waals surface area contributed by atoms with Crippen molar-refractivity contribution in [3.05, 3.63) is 9.81 Å². The summed E-state index contributed by atoms with van der Waals surface area (Å²) in [4.78, 5) is 60.1. The van der Waals surface area contributed by atoms with Crippen molar-refractivity contribution in [1.82, 2.24) is 19.6 Å². The first-order valence-electron chi connectivity index (χ1n) is 16.7. The lowest BCUT2D eigenvalue weighted by molar-refractivity contribution is -0.135. The molecule has 0 saturated carbocycles. The van der Waals surface area contributed by atoms with Crippen LogP contribution in [0.5, 0.6) is 0 Å². The Labute approximate surface area is 282 Å². The van der Waals surface area contributed by atoms with Gasteiger partial charge in [0.15, 0.2) is 0 Å². The maximum Gasteiger partial charge on any atom is 0.267 e. The summed E-state index contributed by atoms with van der Waals surface area (Å²) in [5, 5.41) is 0. The maximum atomic E-state index is 13.3. The molecule has 4 aliphatic heterocycles. The van der Waals surface area contributed by atoms with Crippen molar-refractivity contribution < 1.29 is 19.2 Å². The molecule has 2 unspecified atom stereocenters. The number of amides is 4. The maximum absolute atomic E-state index is 13.3. The lowest BCUT2D eigenvalue weighted by Gasteiger charge is -2.35. The Morgan fingerprint density at radius 2 is 1.07 bits per heavy atom. The van der Waals surface area contributed by atoms with Crippen LogP contribution >= 0.6 is 48.0 Å². The number of nitrogens with zero attached hydrogens (tertiary/aromatic N) is 4. The Morgan fingerprint density at radius 3 is 1.45 bits per heavy atom. The molecule has 12 heteroatoms. The Bertz CT molecular complexity index is 1060. The number of hydrogen-bond acceptors (Lipinski definition) is 8. The van der Waals surface area contributed by atoms with Gasteiger partial charge in [-0.05, 0) is 77.0 Å². The number of rotatable bonds is 14. The van der Waals surface area contributed by atoms with Gasteiger partial charge in [-0.3, -0.25) is 29.0 Å². The summed E-state index contributed by atoms with van der Waals surface area (Å²) in [6.45, 7) is 7.03. The van der Waals surface area contributed by atoms with E-state index < -0.39 is 0 Å². The zero-order chi connectivity index (χ0) is 31.6. The molecule has 0 aliphatic carbocycles. The van der Waals surface area contributed by atoms with Gasteiger partial charge in [-0.1, -0.05) is 74.6 Å². The highest BCUT2D eigenvalue weighted by Gasteiger charge is 2.41. The summed E-state index contributed by atoms with van der Waals surface area (Å²) in [5.41, 5.74) is 0. The van der Waals surface area contributed by atoms with Crippen LogP contribution in [0.2, 0.25) is 0 Å². The smallest absolute Gasteiger partial charge is 0.267 e. The van der Waals surface area contributed by atoms with Crippen LogP contribution in [-0.2, 0) is 19.2 Å². The van der Waals surface area contributed by atoms with E-state index in [9.17, 15) is 19.2 Å². The summed E-state index contributed by atoms with van der Waals surface area (Å²) in [5.74, 6) is 0.0510. The molecule has 0 bridgehead atoms. The molecule has 4 fully saturated rings. The third kappa shape index (κ3) is 8.85. The van der Waals surface area contributed by atoms with Crippen LogP contribution in [-0.4, -0.2) is 90.1 Å². The third-order valence-corrected chi connectivity index (χ3v) is 12.3. The number of thioether (sulfide) groups is 2. The van der Waals surface area contributed by atoms with Crippen molar-refractivity contribution in [2.45, 2.75) is 129 Å². The molecule has 4 amide bonds. The van der Waals surface area contributed by atoms with Gasteiger partial charge in [0, 0.05) is 51.1 Å². The molecular formula is C32H48N4O4S4. The number of piperidine rings is 2. The third-order valence-electron chi connectivity index (χ3n) is 9.29. The molecule has 4 saturated heterocycles. The summed E-state index contributed by atoms with van der Waals surface area (Å²) < 4.78 is 0.934. The minimum absolute atomic E-state index is 0.225. The fourth-order valence-corrected chi connectivity index (χ4v) is 9.47. The molecule has 4 rings (SSSR count). The summed E-state index contributed by atoms with van der Waals surface area (Å²) in [6, 6.07) is 0.765. The first-order chi connectivity index (χ1) is 21.3. The minimum atomic E-state index is -0.225. The van der Waals surface area contributed by atoms with Crippen molar-refractivity contribution in [3.8, 4) is 0 Å². The van der Waals surface area contributed by atoms with E-state index in [0.717, 1.165) is 90.1 Å². The summed E-state index contributed by atoms with van der Waals surface area (Å²) in [6.07, 6.45) is 14.7. The Kier molecular flexibility index (Phi) is 14.0. The monoisotopic (exact) mass is 680 g/mol. The second-order valence-electron chi connectivity index (χ2n) is 12.2. The average Bonchev–Trinajstić information content (AvgIpc) is 3.48. The first-order valence-corrected chi connectivity index (χ1v) is 19.1. The predicted molar refractivity (Wildman–Crippen MR) is 187 cm³/mol. The largest absolute Gasteiger partial charge is 0.340 e. The minimum Gasteiger partial charge on any atom is -0.340 e. The quantitative estimate of drug-likeness (QED) is 0.115. The van der Waals surface area contributed by atoms with E-state index in [0.29, 0.717) is 56.5 Å². The van der Waals surface area contributed by atoms with E-state index in [4.69, 9.17) is 24.4 Å². The van der Waals surface area contributed by atoms with Gasteiger partial charge >= 0.3 is 0 Å². The lowest BCUT2D eigenvalue weighted by Crippen LogP contribution is -2.43. The van der Waals surface area contributed by atoms with Crippen LogP contribution in [0.1, 0.15) is 117 Å². The van der Waals surface area contributed by atoms with Crippen molar-refractivity contribution in [2.24, 2.45) is 0 Å². The van der Waals surface area contributed by atoms with E-state index in [-0.39, 0.29) is 23.6 Å². The van der Waals surface area contributed by atoms with Crippen LogP contribution in [0.3, 0.4) is 0 Å². The number of likely N-dealkylation sites (tertiary alicyclic amines) is 2. The Balaban J connectivity index is 1.18. The van der Waals surface area contributed by atoms with E-state index in [1.54, 1.807) is 9.80 Å². The van der Waals surface area contributed by atoms with Crippen molar-refractivity contribution >= 4 is 80.2 Å². The number of carbonyl (C=O) groups is 4. The second-order valence-corrected chi connectivity index (χ2v) is 15.5. The van der Waals surface area contributed by atoms with E-state index in [1.165, 1.54) is 36.4 Å². The van der Waals surface area contributed by atoms with Crippen LogP contribution in [0, 0.1) is 0 Å². The standard InChI is InChI=1S/C32H48N4O4S4/c1-3-23-15-9-13-19-33(23)25(37)17-7-5-11-21-35-29(39)27(43-31(35)41)28-30(40)36(32(42)44-28)22-12-6-8-18-26(38)34-20-14-10-16-24(34)4-2/h23-24H,3-22H2,1-2H3. The van der Waals surface area contributed by atoms with Crippen LogP contribution in [0.25, 0.3) is 0 Å². The summed E-state index contributed by atoms with van der Waals surface area (Å²) >= 11 is 13.4. The predicted octanol–water partition coefficient (Wildman–Crippen LogP) is 6.62. The lowest BCUT2D eigenvalue weighted by atomic mass is 9.99. The molecule has 0 aromatic rings. The van der Waals surface area contributed by atoms with Gasteiger partial charge in [-0.25, -0.2) is 0 Å². The molecule has 44 heavy (non-hydrogen) atoms. The first kappa shape index (κ1) is 35.4. The van der Waals surface area contributed by atoms with Gasteiger partial charge in [0.1, 0.15) is 8.64 Å². The summed E-state index contributed by atoms with van der Waals surface area (Å²) in [7, 11) is 0. The molecule has 0 aromatic carbocycles. The molecule has 244 valence electrons. The topological polar surface area (TPSA) is 81.2 Å². The number of hydrogen-bond donors (Lipinski definition) is 0. The number of unbranched alkanes of at least 4 members (excludes halogenated alkanes) is 4. The van der Waals surface area contributed by atoms with E-state index in [1.807, 2.05) is 0 Å². The fourth-order valence-electron chi connectivity index (χ4n) is 6.70. The normalized spacial score (nSPS) is 24.7. The fraction of sp³-hybridized carbons (Fsp3) is 0.750. The van der Waals surface area contributed by atoms with Gasteiger partial charge in [0.25, 0.3) is 11.8 Å². The Morgan fingerprint density at radius 1 is 0.659 bits per heavy atom. The van der Waals surface area contributed by atoms with Crippen LogP contribution in [0.4, 0.5) is 0 Å². The second kappa shape index (κ2) is 17.4. The van der Waals surface area contributed by atoms with Gasteiger partial charge in [0.2, 0.25) is 11.8 Å². The van der Waals surface area contributed by atoms with Gasteiger partial charge in [-0.15, -0.1) is 0 Å². The van der Waals surface area contributed by atoms with Crippen LogP contribution in [0.15, 0.2) is 9.81 Å². The van der Waals surface area contributed by atoms with Crippen molar-refractivity contribution in [1.29, 1.82) is 0 Å². The molecule has 0 aromatic heterocycles. The zero-order valence-corrected chi connectivity index (χ0v) is 29.6. The molecule has 0 spiro atoms. The Hall–Kier alpha value is -1.50. The molecule has 2 atom stereocenters. The zero-order valence-electron chi connectivity index (χ0n) is 26.4. The van der Waals surface area contributed by atoms with Gasteiger partial charge in [-0.2, -0.15) is 0 Å². The van der Waals surface area contributed by atoms with Crippen molar-refractivity contribution in [3.63, 3.8) is 0 Å². The van der Waals surface area contributed by atoms with Crippen molar-refractivity contribution in [2.75, 3.05) is 26.2 Å². The van der Waals surface area contributed by atoms with Crippen LogP contribution < -0.4 is 0 Å². The van der Waals surface area contributed by atoms with Gasteiger partial charge < -0.3 is 9.80 Å². The average molecular weight is 681 g/mol. The molecule has 0 N–H and O–H groups in total. The molecule has 4 heterocycles. The molecule has 4 aliphatic rings. The highest BCUT2D eigenvalue weighted by atomic mass is 32.2. The highest BCUT2D eigenvalue weighted by Crippen LogP contribution is 2.42. The number of carbonyl (C=O) groups excluding carboxylic acids is 4. The highest BCUT2D eigenvalue weighted by molar-refractivity contribution is 8.29. The van der Waals surface area contributed by atoms with E-state index >= 15 is 0 Å². The molecule has 8 nitrogen and oxygen atoms in total. The molecule has 0 radical (unpaired) electrons. The molecular weight excluding hydrogens is 633 g/mol. The van der Waals surface area contributed by atoms with Gasteiger partial charge in [0.05, 0.1) is 9.81 Å². The van der Waals surface area contributed by atoms with E-state index in [2.05, 4.69) is 23.6 Å².